The Hall–Kier alpha value is -3.28. The number of ether oxygens (including phenoxy) is 2. The molecule has 1 N–H and O–H groups in total. The van der Waals surface area contributed by atoms with Crippen LogP contribution in [0.15, 0.2) is 53.7 Å². The number of benzene rings is 2. The van der Waals surface area contributed by atoms with Crippen LogP contribution in [0.3, 0.4) is 0 Å². The summed E-state index contributed by atoms with van der Waals surface area (Å²) >= 11 is 0. The number of hydrogen-bond donors (Lipinski definition) is 1. The molecule has 1 fully saturated rings. The summed E-state index contributed by atoms with van der Waals surface area (Å²) in [6.45, 7) is 4.23. The highest BCUT2D eigenvalue weighted by Crippen LogP contribution is 2.51. The molecule has 0 radical (unpaired) electrons. The van der Waals surface area contributed by atoms with Gasteiger partial charge in [-0.3, -0.25) is 14.5 Å². The van der Waals surface area contributed by atoms with Gasteiger partial charge in [0, 0.05) is 35.2 Å². The molecule has 1 atom stereocenters. The number of ketones is 1. The number of fused-ring (bicyclic) bond motifs is 1. The Morgan fingerprint density at radius 1 is 1.06 bits per heavy atom. The number of nitrogens with zero attached hydrogens (tertiary/aromatic N) is 1. The zero-order chi connectivity index (χ0) is 23.3. The Morgan fingerprint density at radius 2 is 1.82 bits per heavy atom. The number of Topliss-reactive ketones (excluding diaryl/α,β-unsaturated/α-hetero) is 1. The minimum atomic E-state index is -0.575. The van der Waals surface area contributed by atoms with Crippen LogP contribution in [0.4, 0.5) is 11.4 Å². The van der Waals surface area contributed by atoms with Crippen molar-refractivity contribution in [1.82, 2.24) is 0 Å². The number of hydrogen-bond acceptors (Lipinski definition) is 5. The molecule has 0 saturated heterocycles. The molecule has 2 aromatic carbocycles. The van der Waals surface area contributed by atoms with Crippen LogP contribution in [0, 0.1) is 11.3 Å². The largest absolute Gasteiger partial charge is 0.497 e. The van der Waals surface area contributed by atoms with Crippen LogP contribution >= 0.6 is 0 Å². The van der Waals surface area contributed by atoms with E-state index in [1.165, 1.54) is 0 Å². The zero-order valence-electron chi connectivity index (χ0n) is 19.6. The average Bonchev–Trinajstić information content (AvgIpc) is 3.63. The molecule has 1 aliphatic heterocycles. The van der Waals surface area contributed by atoms with Crippen molar-refractivity contribution < 1.29 is 19.1 Å². The van der Waals surface area contributed by atoms with E-state index in [0.717, 1.165) is 41.9 Å². The summed E-state index contributed by atoms with van der Waals surface area (Å²) in [6.07, 6.45) is 2.92. The molecule has 0 spiro atoms. The lowest BCUT2D eigenvalue weighted by Gasteiger charge is -2.37. The summed E-state index contributed by atoms with van der Waals surface area (Å²) in [4.78, 5) is 29.3. The van der Waals surface area contributed by atoms with Gasteiger partial charge in [0.1, 0.15) is 11.5 Å². The maximum absolute atomic E-state index is 13.8. The number of nitrogens with one attached hydrogen (secondary N) is 1. The minimum Gasteiger partial charge on any atom is -0.497 e. The summed E-state index contributed by atoms with van der Waals surface area (Å²) < 4.78 is 11.2. The van der Waals surface area contributed by atoms with Crippen LogP contribution in [-0.4, -0.2) is 25.9 Å². The second-order valence-corrected chi connectivity index (χ2v) is 9.97. The van der Waals surface area contributed by atoms with Gasteiger partial charge in [0.15, 0.2) is 5.78 Å². The maximum atomic E-state index is 13.8. The summed E-state index contributed by atoms with van der Waals surface area (Å²) in [5.41, 5.74) is 3.80. The molecular formula is C27H30N2O4. The Morgan fingerprint density at radius 3 is 2.52 bits per heavy atom. The first-order valence-electron chi connectivity index (χ1n) is 11.5. The second-order valence-electron chi connectivity index (χ2n) is 9.97. The van der Waals surface area contributed by atoms with Crippen molar-refractivity contribution in [2.45, 2.75) is 45.6 Å². The monoisotopic (exact) mass is 446 g/mol. The summed E-state index contributed by atoms with van der Waals surface area (Å²) in [6, 6.07) is 12.8. The number of anilines is 2. The summed E-state index contributed by atoms with van der Waals surface area (Å²) in [7, 11) is 3.21. The number of carbonyl (C=O) groups is 2. The van der Waals surface area contributed by atoms with Gasteiger partial charge < -0.3 is 14.8 Å². The maximum Gasteiger partial charge on any atom is 0.231 e. The Bertz CT molecular complexity index is 1160. The van der Waals surface area contributed by atoms with Gasteiger partial charge in [-0.1, -0.05) is 26.0 Å². The highest BCUT2D eigenvalue weighted by Gasteiger charge is 2.46. The number of allylic oxidation sites excluding steroid dienone is 1. The number of amides is 1. The van der Waals surface area contributed by atoms with Crippen LogP contribution in [0.5, 0.6) is 11.5 Å². The van der Waals surface area contributed by atoms with Crippen molar-refractivity contribution in [3.05, 3.63) is 59.3 Å². The van der Waals surface area contributed by atoms with Crippen molar-refractivity contribution in [1.29, 1.82) is 0 Å². The number of rotatable bonds is 4. The molecule has 6 heteroatoms. The Balaban J connectivity index is 1.79. The third kappa shape index (κ3) is 3.77. The molecule has 2 aromatic rings. The van der Waals surface area contributed by atoms with E-state index in [1.54, 1.807) is 14.2 Å². The third-order valence-corrected chi connectivity index (χ3v) is 6.80. The number of para-hydroxylation sites is 2. The minimum absolute atomic E-state index is 0.0120. The van der Waals surface area contributed by atoms with Gasteiger partial charge >= 0.3 is 0 Å². The second kappa shape index (κ2) is 7.94. The van der Waals surface area contributed by atoms with E-state index in [-0.39, 0.29) is 23.0 Å². The Kier molecular flexibility index (Phi) is 5.19. The quantitative estimate of drug-likeness (QED) is 0.694. The topological polar surface area (TPSA) is 67.9 Å². The van der Waals surface area contributed by atoms with E-state index < -0.39 is 6.04 Å². The van der Waals surface area contributed by atoms with Crippen LogP contribution in [0.1, 0.15) is 51.1 Å². The van der Waals surface area contributed by atoms with Gasteiger partial charge in [-0.25, -0.2) is 0 Å². The van der Waals surface area contributed by atoms with E-state index in [2.05, 4.69) is 19.2 Å². The highest BCUT2D eigenvalue weighted by molar-refractivity contribution is 6.07. The van der Waals surface area contributed by atoms with E-state index in [0.29, 0.717) is 23.5 Å². The zero-order valence-corrected chi connectivity index (χ0v) is 19.6. The molecule has 2 aliphatic carbocycles. The van der Waals surface area contributed by atoms with Crippen LogP contribution in [-0.2, 0) is 9.59 Å². The van der Waals surface area contributed by atoms with E-state index in [4.69, 9.17) is 9.47 Å². The lowest BCUT2D eigenvalue weighted by molar-refractivity contribution is -0.120. The summed E-state index contributed by atoms with van der Waals surface area (Å²) in [5, 5.41) is 3.55. The first kappa shape index (κ1) is 21.6. The standard InChI is InChI=1S/C27H30N2O4/c1-27(2)14-20-24(22(30)15-27)25(18-12-11-17(32-3)13-23(18)33-4)29(26(31)16-9-10-16)21-8-6-5-7-19(21)28-20/h5-8,11-13,16,25,28H,9-10,14-15H2,1-4H3/t25-/m0/s1. The molecule has 5 rings (SSSR count). The predicted octanol–water partition coefficient (Wildman–Crippen LogP) is 5.26. The van der Waals surface area contributed by atoms with Crippen molar-refractivity contribution >= 4 is 23.1 Å². The number of methoxy groups -OCH3 is 2. The first-order chi connectivity index (χ1) is 15.8. The van der Waals surface area contributed by atoms with Gasteiger partial charge in [0.25, 0.3) is 0 Å². The van der Waals surface area contributed by atoms with Gasteiger partial charge in [0.2, 0.25) is 5.91 Å². The van der Waals surface area contributed by atoms with Crippen LogP contribution in [0.25, 0.3) is 0 Å². The van der Waals surface area contributed by atoms with Crippen molar-refractivity contribution in [3.8, 4) is 11.5 Å². The molecule has 0 aromatic heterocycles. The predicted molar refractivity (Wildman–Crippen MR) is 128 cm³/mol. The van der Waals surface area contributed by atoms with Gasteiger partial charge in [-0.2, -0.15) is 0 Å². The molecule has 1 heterocycles. The molecule has 6 nitrogen and oxygen atoms in total. The molecule has 1 amide bonds. The van der Waals surface area contributed by atoms with Gasteiger partial charge in [0.05, 0.1) is 31.6 Å². The lowest BCUT2D eigenvalue weighted by Crippen LogP contribution is -2.40. The molecule has 0 bridgehead atoms. The third-order valence-electron chi connectivity index (χ3n) is 6.80. The highest BCUT2D eigenvalue weighted by atomic mass is 16.5. The molecule has 172 valence electrons. The van der Waals surface area contributed by atoms with Crippen LogP contribution in [0.2, 0.25) is 0 Å². The fraction of sp³-hybridized carbons (Fsp3) is 0.407. The fourth-order valence-corrected chi connectivity index (χ4v) is 5.10. The molecule has 33 heavy (non-hydrogen) atoms. The SMILES string of the molecule is COc1ccc([C@H]2C3=C(CC(C)(C)CC3=O)Nc3ccccc3N2C(=O)C2CC2)c(OC)c1. The van der Waals surface area contributed by atoms with Gasteiger partial charge in [-0.15, -0.1) is 0 Å². The molecule has 1 saturated carbocycles. The lowest BCUT2D eigenvalue weighted by atomic mass is 9.73. The van der Waals surface area contributed by atoms with E-state index >= 15 is 0 Å². The average molecular weight is 447 g/mol. The van der Waals surface area contributed by atoms with Crippen LogP contribution < -0.4 is 19.7 Å². The van der Waals surface area contributed by atoms with Crippen molar-refractivity contribution in [2.75, 3.05) is 24.4 Å². The Labute approximate surface area is 194 Å². The molecule has 3 aliphatic rings. The van der Waals surface area contributed by atoms with Crippen molar-refractivity contribution in [2.24, 2.45) is 11.3 Å². The fourth-order valence-electron chi connectivity index (χ4n) is 5.10. The van der Waals surface area contributed by atoms with Crippen molar-refractivity contribution in [3.63, 3.8) is 0 Å². The molecule has 0 unspecified atom stereocenters. The van der Waals surface area contributed by atoms with E-state index in [1.807, 2.05) is 47.4 Å². The smallest absolute Gasteiger partial charge is 0.231 e. The summed E-state index contributed by atoms with van der Waals surface area (Å²) in [5.74, 6) is 1.36. The normalized spacial score (nSPS) is 21.5. The van der Waals surface area contributed by atoms with Gasteiger partial charge in [-0.05, 0) is 48.9 Å². The van der Waals surface area contributed by atoms with E-state index in [9.17, 15) is 9.59 Å². The number of carbonyl (C=O) groups excluding carboxylic acids is 2. The molecular weight excluding hydrogens is 416 g/mol. The first-order valence-corrected chi connectivity index (χ1v) is 11.5.